The van der Waals surface area contributed by atoms with Crippen molar-refractivity contribution in [2.45, 2.75) is 25.4 Å². The van der Waals surface area contributed by atoms with Crippen LogP contribution in [0.25, 0.3) is 11.1 Å². The van der Waals surface area contributed by atoms with Gasteiger partial charge in [-0.3, -0.25) is 4.79 Å². The van der Waals surface area contributed by atoms with Crippen molar-refractivity contribution in [3.8, 4) is 22.6 Å². The molecule has 4 nitrogen and oxygen atoms in total. The molecule has 1 heterocycles. The van der Waals surface area contributed by atoms with E-state index in [4.69, 9.17) is 14.6 Å². The van der Waals surface area contributed by atoms with Crippen molar-refractivity contribution >= 4 is 5.97 Å². The highest BCUT2D eigenvalue weighted by atomic mass is 16.6. The van der Waals surface area contributed by atoms with Crippen LogP contribution in [0.4, 0.5) is 0 Å². The lowest BCUT2D eigenvalue weighted by atomic mass is 9.97. The summed E-state index contributed by atoms with van der Waals surface area (Å²) in [5, 5.41) is 9.15. The van der Waals surface area contributed by atoms with E-state index in [0.717, 1.165) is 11.1 Å². The van der Waals surface area contributed by atoms with Gasteiger partial charge in [-0.25, -0.2) is 0 Å². The monoisotopic (exact) mass is 386 g/mol. The van der Waals surface area contributed by atoms with Crippen LogP contribution in [0, 0.1) is 12.8 Å². The third-order valence-corrected chi connectivity index (χ3v) is 5.88. The van der Waals surface area contributed by atoms with Crippen LogP contribution in [0.2, 0.25) is 0 Å². The van der Waals surface area contributed by atoms with Crippen LogP contribution in [0.15, 0.2) is 66.7 Å². The molecule has 1 aliphatic carbocycles. The van der Waals surface area contributed by atoms with Crippen molar-refractivity contribution < 1.29 is 19.4 Å². The molecule has 3 aromatic rings. The molecule has 5 rings (SSSR count). The van der Waals surface area contributed by atoms with Gasteiger partial charge in [-0.05, 0) is 65.3 Å². The molecule has 4 heteroatoms. The Morgan fingerprint density at radius 3 is 2.62 bits per heavy atom. The number of fused-ring (bicyclic) bond motifs is 1. The van der Waals surface area contributed by atoms with Crippen molar-refractivity contribution in [3.63, 3.8) is 0 Å². The first-order valence-corrected chi connectivity index (χ1v) is 9.92. The minimum absolute atomic E-state index is 0.0879. The van der Waals surface area contributed by atoms with E-state index in [0.29, 0.717) is 24.5 Å². The van der Waals surface area contributed by atoms with Crippen LogP contribution in [-0.2, 0) is 4.79 Å². The lowest BCUT2D eigenvalue weighted by Crippen LogP contribution is -2.21. The number of aryl methyl sites for hydroxylation is 1. The SMILES string of the molecule is Cc1ccccc1-c1cccc(C2COc3cc(C4CC4C(=O)O)ccc3O2)c1. The van der Waals surface area contributed by atoms with Crippen LogP contribution < -0.4 is 9.47 Å². The lowest BCUT2D eigenvalue weighted by molar-refractivity contribution is -0.138. The van der Waals surface area contributed by atoms with Crippen molar-refractivity contribution in [1.82, 2.24) is 0 Å². The summed E-state index contributed by atoms with van der Waals surface area (Å²) in [5.41, 5.74) is 5.71. The van der Waals surface area contributed by atoms with Gasteiger partial charge in [0.05, 0.1) is 5.92 Å². The third-order valence-electron chi connectivity index (χ3n) is 5.88. The Morgan fingerprint density at radius 1 is 0.966 bits per heavy atom. The molecule has 29 heavy (non-hydrogen) atoms. The van der Waals surface area contributed by atoms with Crippen LogP contribution >= 0.6 is 0 Å². The minimum atomic E-state index is -0.724. The highest BCUT2D eigenvalue weighted by Crippen LogP contribution is 2.50. The molecule has 3 aromatic carbocycles. The highest BCUT2D eigenvalue weighted by molar-refractivity contribution is 5.75. The Labute approximate surface area is 169 Å². The zero-order chi connectivity index (χ0) is 20.0. The van der Waals surface area contributed by atoms with Crippen LogP contribution in [0.5, 0.6) is 11.5 Å². The van der Waals surface area contributed by atoms with E-state index < -0.39 is 5.97 Å². The Hall–Kier alpha value is -3.27. The quantitative estimate of drug-likeness (QED) is 0.656. The summed E-state index contributed by atoms with van der Waals surface area (Å²) in [6.45, 7) is 2.55. The minimum Gasteiger partial charge on any atom is -0.485 e. The molecule has 1 saturated carbocycles. The van der Waals surface area contributed by atoms with Crippen molar-refractivity contribution in [1.29, 1.82) is 0 Å². The molecule has 0 saturated heterocycles. The predicted molar refractivity (Wildman–Crippen MR) is 110 cm³/mol. The van der Waals surface area contributed by atoms with E-state index in [1.807, 2.05) is 24.3 Å². The first-order chi connectivity index (χ1) is 14.1. The fraction of sp³-hybridized carbons (Fsp3) is 0.240. The summed E-state index contributed by atoms with van der Waals surface area (Å²) < 4.78 is 12.2. The summed E-state index contributed by atoms with van der Waals surface area (Å²) in [6.07, 6.45) is 0.522. The van der Waals surface area contributed by atoms with Gasteiger partial charge in [-0.15, -0.1) is 0 Å². The van der Waals surface area contributed by atoms with E-state index in [1.165, 1.54) is 16.7 Å². The first kappa shape index (κ1) is 17.8. The number of carboxylic acid groups (broad SMARTS) is 1. The molecular weight excluding hydrogens is 364 g/mol. The smallest absolute Gasteiger partial charge is 0.307 e. The number of carboxylic acids is 1. The predicted octanol–water partition coefficient (Wildman–Crippen LogP) is 5.36. The molecule has 3 atom stereocenters. The average Bonchev–Trinajstić information content (AvgIpc) is 3.55. The standard InChI is InChI=1S/C25H22O4/c1-15-5-2-3-8-19(15)16-6-4-7-18(11-16)24-14-28-23-12-17(9-10-22(23)29-24)20-13-21(20)25(26)27/h2-12,20-21,24H,13-14H2,1H3,(H,26,27). The maximum absolute atomic E-state index is 11.1. The van der Waals surface area contributed by atoms with Crippen LogP contribution in [-0.4, -0.2) is 17.7 Å². The Kier molecular flexibility index (Phi) is 4.27. The number of ether oxygens (including phenoxy) is 2. The molecule has 0 amide bonds. The fourth-order valence-electron chi connectivity index (χ4n) is 4.12. The fourth-order valence-corrected chi connectivity index (χ4v) is 4.12. The van der Waals surface area contributed by atoms with Gasteiger partial charge in [0.2, 0.25) is 0 Å². The van der Waals surface area contributed by atoms with Gasteiger partial charge in [0.25, 0.3) is 0 Å². The van der Waals surface area contributed by atoms with Gasteiger partial charge in [-0.1, -0.05) is 48.5 Å². The second kappa shape index (κ2) is 6.96. The van der Waals surface area contributed by atoms with Crippen LogP contribution in [0.3, 0.4) is 0 Å². The summed E-state index contributed by atoms with van der Waals surface area (Å²) in [7, 11) is 0. The highest BCUT2D eigenvalue weighted by Gasteiger charge is 2.44. The zero-order valence-electron chi connectivity index (χ0n) is 16.2. The summed E-state index contributed by atoms with van der Waals surface area (Å²) >= 11 is 0. The summed E-state index contributed by atoms with van der Waals surface area (Å²) in [5.74, 6) is 0.501. The first-order valence-electron chi connectivity index (χ1n) is 9.92. The molecule has 0 radical (unpaired) electrons. The van der Waals surface area contributed by atoms with Gasteiger partial charge in [-0.2, -0.15) is 0 Å². The van der Waals surface area contributed by atoms with Gasteiger partial charge >= 0.3 is 5.97 Å². The molecule has 0 aromatic heterocycles. The van der Waals surface area contributed by atoms with Crippen molar-refractivity contribution in [2.75, 3.05) is 6.61 Å². The third kappa shape index (κ3) is 3.35. The lowest BCUT2D eigenvalue weighted by Gasteiger charge is -2.27. The normalized spacial score (nSPS) is 22.2. The molecule has 0 spiro atoms. The molecule has 2 aliphatic rings. The topological polar surface area (TPSA) is 55.8 Å². The Balaban J connectivity index is 1.37. The van der Waals surface area contributed by atoms with Gasteiger partial charge in [0, 0.05) is 0 Å². The number of hydrogen-bond donors (Lipinski definition) is 1. The van der Waals surface area contributed by atoms with E-state index in [2.05, 4.69) is 49.4 Å². The number of carbonyl (C=O) groups is 1. The molecular formula is C25H22O4. The van der Waals surface area contributed by atoms with Gasteiger partial charge < -0.3 is 14.6 Å². The van der Waals surface area contributed by atoms with Crippen molar-refractivity contribution in [2.24, 2.45) is 5.92 Å². The zero-order valence-corrected chi connectivity index (χ0v) is 16.2. The van der Waals surface area contributed by atoms with E-state index in [9.17, 15) is 4.79 Å². The number of benzene rings is 3. The largest absolute Gasteiger partial charge is 0.485 e. The second-order valence-corrected chi connectivity index (χ2v) is 7.85. The summed E-state index contributed by atoms with van der Waals surface area (Å²) in [6, 6.07) is 22.5. The average molecular weight is 386 g/mol. The maximum Gasteiger partial charge on any atom is 0.307 e. The molecule has 146 valence electrons. The molecule has 3 unspecified atom stereocenters. The van der Waals surface area contributed by atoms with E-state index in [1.54, 1.807) is 0 Å². The van der Waals surface area contributed by atoms with Crippen LogP contribution in [0.1, 0.15) is 35.1 Å². The number of hydrogen-bond acceptors (Lipinski definition) is 3. The Morgan fingerprint density at radius 2 is 1.83 bits per heavy atom. The van der Waals surface area contributed by atoms with E-state index in [-0.39, 0.29) is 17.9 Å². The Bertz CT molecular complexity index is 1090. The maximum atomic E-state index is 11.1. The number of aliphatic carboxylic acids is 1. The second-order valence-electron chi connectivity index (χ2n) is 7.85. The molecule has 1 fully saturated rings. The summed E-state index contributed by atoms with van der Waals surface area (Å²) in [4.78, 5) is 11.1. The van der Waals surface area contributed by atoms with E-state index >= 15 is 0 Å². The number of rotatable bonds is 4. The van der Waals surface area contributed by atoms with Gasteiger partial charge in [0.1, 0.15) is 6.61 Å². The molecule has 0 bridgehead atoms. The van der Waals surface area contributed by atoms with Crippen molar-refractivity contribution in [3.05, 3.63) is 83.4 Å². The van der Waals surface area contributed by atoms with Gasteiger partial charge in [0.15, 0.2) is 17.6 Å². The molecule has 1 aliphatic heterocycles. The molecule has 1 N–H and O–H groups in total.